The Bertz CT molecular complexity index is 199. The average molecular weight is 286 g/mol. The van der Waals surface area contributed by atoms with Crippen LogP contribution in [-0.4, -0.2) is 16.1 Å². The number of rotatable bonds is 5. The molecule has 0 aromatic heterocycles. The molecule has 0 rings (SSSR count). The summed E-state index contributed by atoms with van der Waals surface area (Å²) in [6.45, 7) is 7.74. The second-order valence-electron chi connectivity index (χ2n) is 3.12. The van der Waals surface area contributed by atoms with E-state index in [0.29, 0.717) is 0 Å². The summed E-state index contributed by atoms with van der Waals surface area (Å²) < 4.78 is 0. The Morgan fingerprint density at radius 3 is 2.31 bits per heavy atom. The molecule has 0 aliphatic carbocycles. The Labute approximate surface area is 99.1 Å². The fourth-order valence-corrected chi connectivity index (χ4v) is 1.43. The molecule has 0 spiro atoms. The van der Waals surface area contributed by atoms with Gasteiger partial charge >= 0.3 is 0 Å². The minimum atomic E-state index is 0.0224. The number of alkyl halides is 3. The summed E-state index contributed by atoms with van der Waals surface area (Å²) in [7, 11) is 0. The molecule has 0 saturated heterocycles. The maximum atomic E-state index is 6.01. The minimum Gasteiger partial charge on any atom is -0.118 e. The van der Waals surface area contributed by atoms with Crippen LogP contribution in [0.15, 0.2) is 23.8 Å². The standard InChI is InChI=1S/C10H15BrCl2/c1-7(2)9(12)5-4-8(3)10(13)6-11/h4,9-10H,1,5-6H2,2-3H3/b8-4+. The lowest BCUT2D eigenvalue weighted by atomic mass is 10.1. The van der Waals surface area contributed by atoms with Crippen LogP contribution in [-0.2, 0) is 0 Å². The summed E-state index contributed by atoms with van der Waals surface area (Å²) in [4.78, 5) is 0. The quantitative estimate of drug-likeness (QED) is 0.515. The van der Waals surface area contributed by atoms with Crippen LogP contribution >= 0.6 is 39.1 Å². The molecular formula is C10H15BrCl2. The number of allylic oxidation sites excluding steroid dienone is 3. The lowest BCUT2D eigenvalue weighted by Crippen LogP contribution is -2.03. The normalized spacial score (nSPS) is 16.8. The van der Waals surface area contributed by atoms with E-state index in [0.717, 1.165) is 22.9 Å². The molecule has 76 valence electrons. The molecule has 0 bridgehead atoms. The van der Waals surface area contributed by atoms with Crippen molar-refractivity contribution in [3.05, 3.63) is 23.8 Å². The number of halogens is 3. The summed E-state index contributed by atoms with van der Waals surface area (Å²) in [5, 5.41) is 0.861. The molecule has 0 amide bonds. The number of hydrogen-bond donors (Lipinski definition) is 0. The molecule has 2 unspecified atom stereocenters. The van der Waals surface area contributed by atoms with Gasteiger partial charge in [-0.15, -0.1) is 23.2 Å². The van der Waals surface area contributed by atoms with Crippen molar-refractivity contribution in [1.82, 2.24) is 0 Å². The summed E-state index contributed by atoms with van der Waals surface area (Å²) in [5.74, 6) is 0. The first kappa shape index (κ1) is 13.5. The van der Waals surface area contributed by atoms with E-state index in [1.165, 1.54) is 0 Å². The van der Waals surface area contributed by atoms with Crippen molar-refractivity contribution in [3.8, 4) is 0 Å². The Morgan fingerprint density at radius 2 is 1.92 bits per heavy atom. The van der Waals surface area contributed by atoms with Gasteiger partial charge in [0.1, 0.15) is 0 Å². The third-order valence-corrected chi connectivity index (χ3v) is 3.88. The van der Waals surface area contributed by atoms with Crippen molar-refractivity contribution >= 4 is 39.1 Å². The van der Waals surface area contributed by atoms with Gasteiger partial charge in [-0.05, 0) is 20.3 Å². The predicted octanol–water partition coefficient (Wildman–Crippen LogP) is 4.51. The molecule has 0 aromatic carbocycles. The molecule has 0 fully saturated rings. The maximum Gasteiger partial charge on any atom is 0.0639 e. The monoisotopic (exact) mass is 284 g/mol. The summed E-state index contributed by atoms with van der Waals surface area (Å²) >= 11 is 15.3. The SMILES string of the molecule is C=C(C)C(Cl)C/C=C(\C)C(Cl)CBr. The van der Waals surface area contributed by atoms with Gasteiger partial charge in [0.2, 0.25) is 0 Å². The molecule has 13 heavy (non-hydrogen) atoms. The van der Waals surface area contributed by atoms with Crippen LogP contribution in [0.2, 0.25) is 0 Å². The average Bonchev–Trinajstić information content (AvgIpc) is 2.11. The van der Waals surface area contributed by atoms with Crippen molar-refractivity contribution in [2.75, 3.05) is 5.33 Å². The molecule has 0 nitrogen and oxygen atoms in total. The summed E-state index contributed by atoms with van der Waals surface area (Å²) in [6, 6.07) is 0. The van der Waals surface area contributed by atoms with Crippen molar-refractivity contribution in [1.29, 1.82) is 0 Å². The zero-order valence-corrected chi connectivity index (χ0v) is 11.1. The molecule has 3 heteroatoms. The van der Waals surface area contributed by atoms with Gasteiger partial charge in [0.05, 0.1) is 10.8 Å². The second-order valence-corrected chi connectivity index (χ2v) is 4.82. The van der Waals surface area contributed by atoms with E-state index in [1.807, 2.05) is 13.8 Å². The zero-order chi connectivity index (χ0) is 10.4. The Kier molecular flexibility index (Phi) is 7.20. The molecule has 2 atom stereocenters. The molecule has 0 N–H and O–H groups in total. The van der Waals surface area contributed by atoms with Crippen LogP contribution < -0.4 is 0 Å². The van der Waals surface area contributed by atoms with E-state index in [-0.39, 0.29) is 10.8 Å². The highest BCUT2D eigenvalue weighted by molar-refractivity contribution is 9.09. The molecule has 0 heterocycles. The van der Waals surface area contributed by atoms with E-state index < -0.39 is 0 Å². The van der Waals surface area contributed by atoms with Crippen LogP contribution in [0.3, 0.4) is 0 Å². The van der Waals surface area contributed by atoms with Crippen molar-refractivity contribution in [3.63, 3.8) is 0 Å². The van der Waals surface area contributed by atoms with Crippen LogP contribution in [0.25, 0.3) is 0 Å². The van der Waals surface area contributed by atoms with Gasteiger partial charge in [-0.25, -0.2) is 0 Å². The topological polar surface area (TPSA) is 0 Å². The lowest BCUT2D eigenvalue weighted by Gasteiger charge is -2.08. The minimum absolute atomic E-state index is 0.0224. The highest BCUT2D eigenvalue weighted by atomic mass is 79.9. The smallest absolute Gasteiger partial charge is 0.0639 e. The van der Waals surface area contributed by atoms with Crippen LogP contribution in [0.5, 0.6) is 0 Å². The predicted molar refractivity (Wildman–Crippen MR) is 66.3 cm³/mol. The van der Waals surface area contributed by atoms with Crippen molar-refractivity contribution in [2.45, 2.75) is 31.0 Å². The highest BCUT2D eigenvalue weighted by Gasteiger charge is 2.06. The van der Waals surface area contributed by atoms with E-state index in [4.69, 9.17) is 23.2 Å². The molecule has 0 saturated carbocycles. The first-order valence-electron chi connectivity index (χ1n) is 4.15. The molecular weight excluding hydrogens is 271 g/mol. The zero-order valence-electron chi connectivity index (χ0n) is 7.99. The van der Waals surface area contributed by atoms with Gasteiger partial charge < -0.3 is 0 Å². The summed E-state index contributed by atoms with van der Waals surface area (Å²) in [6.07, 6.45) is 2.88. The van der Waals surface area contributed by atoms with E-state index in [2.05, 4.69) is 28.6 Å². The van der Waals surface area contributed by atoms with Crippen LogP contribution in [0.1, 0.15) is 20.3 Å². The van der Waals surface area contributed by atoms with Gasteiger partial charge in [-0.1, -0.05) is 39.7 Å². The van der Waals surface area contributed by atoms with Crippen molar-refractivity contribution in [2.24, 2.45) is 0 Å². The third-order valence-electron chi connectivity index (χ3n) is 1.81. The van der Waals surface area contributed by atoms with Gasteiger partial charge in [0, 0.05) is 5.33 Å². The maximum absolute atomic E-state index is 6.01. The van der Waals surface area contributed by atoms with E-state index in [1.54, 1.807) is 0 Å². The van der Waals surface area contributed by atoms with Crippen LogP contribution in [0, 0.1) is 0 Å². The van der Waals surface area contributed by atoms with Gasteiger partial charge in [0.25, 0.3) is 0 Å². The molecule has 0 aliphatic heterocycles. The highest BCUT2D eigenvalue weighted by Crippen LogP contribution is 2.17. The number of hydrogen-bond acceptors (Lipinski definition) is 0. The fraction of sp³-hybridized carbons (Fsp3) is 0.600. The first-order chi connectivity index (χ1) is 5.99. The van der Waals surface area contributed by atoms with Gasteiger partial charge in [-0.2, -0.15) is 0 Å². The molecule has 0 radical (unpaired) electrons. The summed E-state index contributed by atoms with van der Waals surface area (Å²) in [5.41, 5.74) is 2.15. The Balaban J connectivity index is 4.03. The fourth-order valence-electron chi connectivity index (χ4n) is 0.740. The third kappa shape index (κ3) is 5.77. The van der Waals surface area contributed by atoms with Crippen LogP contribution in [0.4, 0.5) is 0 Å². The van der Waals surface area contributed by atoms with Crippen molar-refractivity contribution < 1.29 is 0 Å². The first-order valence-corrected chi connectivity index (χ1v) is 6.14. The van der Waals surface area contributed by atoms with E-state index in [9.17, 15) is 0 Å². The van der Waals surface area contributed by atoms with E-state index >= 15 is 0 Å². The Hall–Kier alpha value is 0.540. The second kappa shape index (κ2) is 6.92. The Morgan fingerprint density at radius 1 is 1.38 bits per heavy atom. The molecule has 0 aromatic rings. The van der Waals surface area contributed by atoms with Gasteiger partial charge in [-0.3, -0.25) is 0 Å². The molecule has 0 aliphatic rings. The largest absolute Gasteiger partial charge is 0.118 e. The van der Waals surface area contributed by atoms with Gasteiger partial charge in [0.15, 0.2) is 0 Å². The lowest BCUT2D eigenvalue weighted by molar-refractivity contribution is 0.967.